The molecule has 2 fully saturated rings. The van der Waals surface area contributed by atoms with Gasteiger partial charge in [0.2, 0.25) is 0 Å². The van der Waals surface area contributed by atoms with E-state index in [2.05, 4.69) is 15.2 Å². The first kappa shape index (κ1) is 31.6. The number of allylic oxidation sites excluding steroid dienone is 3. The maximum Gasteiger partial charge on any atom is 0.253 e. The number of likely N-dealkylation sites (tertiary alicyclic amines) is 2. The zero-order chi connectivity index (χ0) is 30.2. The molecule has 9 heteroatoms. The minimum Gasteiger partial charge on any atom is -0.492 e. The van der Waals surface area contributed by atoms with Crippen LogP contribution in [0.5, 0.6) is 5.75 Å². The monoisotopic (exact) mass is 591 g/mol. The Morgan fingerprint density at radius 3 is 2.50 bits per heavy atom. The number of pyridine rings is 1. The summed E-state index contributed by atoms with van der Waals surface area (Å²) in [6.07, 6.45) is 8.41. The van der Waals surface area contributed by atoms with E-state index in [0.29, 0.717) is 34.7 Å². The number of ketones is 1. The number of thioether (sulfide) groups is 1. The summed E-state index contributed by atoms with van der Waals surface area (Å²) >= 11 is 1.43. The number of aryl methyl sites for hydroxylation is 1. The van der Waals surface area contributed by atoms with Gasteiger partial charge in [-0.15, -0.1) is 0 Å². The number of Topliss-reactive ketones (excluding diaryl/α,β-unsaturated/α-hetero) is 1. The van der Waals surface area contributed by atoms with Gasteiger partial charge in [-0.3, -0.25) is 9.59 Å². The number of nitrogens with zero attached hydrogens (tertiary/aromatic N) is 4. The van der Waals surface area contributed by atoms with E-state index in [1.165, 1.54) is 37.7 Å². The summed E-state index contributed by atoms with van der Waals surface area (Å²) in [7, 11) is 1.96. The number of anilines is 3. The summed E-state index contributed by atoms with van der Waals surface area (Å²) < 4.78 is 5.97. The maximum absolute atomic E-state index is 13.4. The average molecular weight is 592 g/mol. The molecule has 0 bridgehead atoms. The number of nitrogens with one attached hydrogen (secondary N) is 1. The quantitative estimate of drug-likeness (QED) is 0.288. The molecule has 1 amide bonds. The van der Waals surface area contributed by atoms with E-state index >= 15 is 0 Å². The van der Waals surface area contributed by atoms with Gasteiger partial charge in [-0.1, -0.05) is 17.8 Å². The molecule has 1 aromatic carbocycles. The molecular weight excluding hydrogens is 546 g/mol. The average Bonchev–Trinajstić information content (AvgIpc) is 3.54. The number of benzene rings is 1. The number of piperidine rings is 1. The zero-order valence-electron chi connectivity index (χ0n) is 25.9. The van der Waals surface area contributed by atoms with Crippen molar-refractivity contribution in [2.75, 3.05) is 50.1 Å². The molecule has 0 saturated carbocycles. The van der Waals surface area contributed by atoms with Crippen LogP contribution >= 0.6 is 11.8 Å². The number of ether oxygens (including phenoxy) is 1. The van der Waals surface area contributed by atoms with Crippen LogP contribution in [0.4, 0.5) is 17.2 Å². The molecule has 1 N–H and O–H groups in total. The van der Waals surface area contributed by atoms with Crippen molar-refractivity contribution in [2.45, 2.75) is 66.3 Å². The van der Waals surface area contributed by atoms with Crippen LogP contribution in [0.25, 0.3) is 0 Å². The molecule has 2 aliphatic rings. The Hall–Kier alpha value is -3.30. The van der Waals surface area contributed by atoms with Gasteiger partial charge in [0.1, 0.15) is 11.6 Å². The van der Waals surface area contributed by atoms with Crippen LogP contribution < -0.4 is 15.0 Å². The van der Waals surface area contributed by atoms with Gasteiger partial charge >= 0.3 is 0 Å². The largest absolute Gasteiger partial charge is 0.492 e. The first-order valence-electron chi connectivity index (χ1n) is 15.0. The predicted octanol–water partition coefficient (Wildman–Crippen LogP) is 6.76. The standard InChI is InChI=1S/C33H45N5O3S/c1-7-19-42-32(25(5)39)24(4)36(6)29-21-31(34-22-23(29)3)35-28-12-11-26(20-30(28)41-8-2)33(40)38-17-13-27(14-18-38)37-15-9-10-16-37/h7,11-12,19-22,27H,8-10,13-18H2,1-6H3,(H,34,35)/b19-7+,32-24+. The van der Waals surface area contributed by atoms with Gasteiger partial charge in [0.25, 0.3) is 5.91 Å². The number of hydrogen-bond acceptors (Lipinski definition) is 8. The van der Waals surface area contributed by atoms with E-state index in [4.69, 9.17) is 4.74 Å². The molecule has 8 nitrogen and oxygen atoms in total. The van der Waals surface area contributed by atoms with Crippen LogP contribution in [0.15, 0.2) is 52.5 Å². The van der Waals surface area contributed by atoms with Crippen molar-refractivity contribution in [3.05, 3.63) is 63.7 Å². The number of aromatic nitrogens is 1. The zero-order valence-corrected chi connectivity index (χ0v) is 26.7. The van der Waals surface area contributed by atoms with Crippen LogP contribution in [0.2, 0.25) is 0 Å². The highest BCUT2D eigenvalue weighted by atomic mass is 32.2. The van der Waals surface area contributed by atoms with Gasteiger partial charge in [-0.05, 0) is 103 Å². The molecule has 226 valence electrons. The summed E-state index contributed by atoms with van der Waals surface area (Å²) in [5, 5.41) is 5.31. The fourth-order valence-corrected chi connectivity index (χ4v) is 6.48. The SMILES string of the molecule is C/C=C/S/C(C(C)=O)=C(\C)N(C)c1cc(Nc2ccc(C(=O)N3CCC(N4CCCC4)CC3)cc2OCC)ncc1C. The minimum absolute atomic E-state index is 0.0273. The van der Waals surface area contributed by atoms with Crippen LogP contribution in [-0.2, 0) is 4.79 Å². The molecule has 0 aliphatic carbocycles. The summed E-state index contributed by atoms with van der Waals surface area (Å²) in [6.45, 7) is 13.9. The molecule has 4 rings (SSSR count). The topological polar surface area (TPSA) is 78.0 Å². The maximum atomic E-state index is 13.4. The lowest BCUT2D eigenvalue weighted by Gasteiger charge is -2.36. The van der Waals surface area contributed by atoms with Gasteiger partial charge in [-0.2, -0.15) is 0 Å². The first-order valence-corrected chi connectivity index (χ1v) is 15.9. The van der Waals surface area contributed by atoms with E-state index < -0.39 is 0 Å². The Kier molecular flexibility index (Phi) is 11.1. The van der Waals surface area contributed by atoms with Gasteiger partial charge in [0.15, 0.2) is 5.78 Å². The molecule has 3 heterocycles. The number of amides is 1. The van der Waals surface area contributed by atoms with Crippen molar-refractivity contribution in [3.63, 3.8) is 0 Å². The van der Waals surface area contributed by atoms with Crippen molar-refractivity contribution in [3.8, 4) is 5.75 Å². The molecule has 2 aromatic rings. The third-order valence-electron chi connectivity index (χ3n) is 8.11. The third-order valence-corrected chi connectivity index (χ3v) is 9.34. The fraction of sp³-hybridized carbons (Fsp3) is 0.485. The highest BCUT2D eigenvalue weighted by Crippen LogP contribution is 2.33. The Morgan fingerprint density at radius 1 is 1.14 bits per heavy atom. The number of carbonyl (C=O) groups excluding carboxylic acids is 2. The van der Waals surface area contributed by atoms with Crippen LogP contribution in [0.3, 0.4) is 0 Å². The second kappa shape index (κ2) is 14.7. The van der Waals surface area contributed by atoms with Crippen LogP contribution in [0.1, 0.15) is 69.3 Å². The molecule has 2 aliphatic heterocycles. The molecular formula is C33H45N5O3S. The second-order valence-corrected chi connectivity index (χ2v) is 11.9. The van der Waals surface area contributed by atoms with E-state index in [-0.39, 0.29) is 11.7 Å². The van der Waals surface area contributed by atoms with Crippen molar-refractivity contribution >= 4 is 40.6 Å². The van der Waals surface area contributed by atoms with Gasteiger partial charge in [0.05, 0.1) is 17.2 Å². The number of rotatable bonds is 11. The van der Waals surface area contributed by atoms with Crippen LogP contribution in [0, 0.1) is 6.92 Å². The van der Waals surface area contributed by atoms with Gasteiger partial charge in [0, 0.05) is 55.4 Å². The van der Waals surface area contributed by atoms with E-state index in [1.807, 2.05) is 86.5 Å². The Morgan fingerprint density at radius 2 is 1.86 bits per heavy atom. The van der Waals surface area contributed by atoms with Gasteiger partial charge < -0.3 is 24.8 Å². The molecule has 0 radical (unpaired) electrons. The third kappa shape index (κ3) is 7.55. The molecule has 42 heavy (non-hydrogen) atoms. The second-order valence-electron chi connectivity index (χ2n) is 11.0. The number of hydrogen-bond donors (Lipinski definition) is 1. The molecule has 2 saturated heterocycles. The van der Waals surface area contributed by atoms with Crippen molar-refractivity contribution < 1.29 is 14.3 Å². The predicted molar refractivity (Wildman–Crippen MR) is 174 cm³/mol. The summed E-state index contributed by atoms with van der Waals surface area (Å²) in [4.78, 5) is 37.7. The lowest BCUT2D eigenvalue weighted by molar-refractivity contribution is -0.113. The number of carbonyl (C=O) groups is 2. The Bertz CT molecular complexity index is 1330. The Labute approximate surface area is 255 Å². The summed E-state index contributed by atoms with van der Waals surface area (Å²) in [6, 6.07) is 8.18. The fourth-order valence-electron chi connectivity index (χ4n) is 5.73. The molecule has 0 spiro atoms. The minimum atomic E-state index is 0.0273. The van der Waals surface area contributed by atoms with E-state index in [1.54, 1.807) is 6.92 Å². The smallest absolute Gasteiger partial charge is 0.253 e. The van der Waals surface area contributed by atoms with Crippen LogP contribution in [-0.4, -0.2) is 72.3 Å². The lowest BCUT2D eigenvalue weighted by Crippen LogP contribution is -2.45. The molecule has 0 atom stereocenters. The van der Waals surface area contributed by atoms with E-state index in [0.717, 1.165) is 48.6 Å². The highest BCUT2D eigenvalue weighted by molar-refractivity contribution is 8.06. The van der Waals surface area contributed by atoms with Crippen molar-refractivity contribution in [1.29, 1.82) is 0 Å². The summed E-state index contributed by atoms with van der Waals surface area (Å²) in [5.74, 6) is 1.34. The van der Waals surface area contributed by atoms with E-state index in [9.17, 15) is 9.59 Å². The van der Waals surface area contributed by atoms with Gasteiger partial charge in [-0.25, -0.2) is 4.98 Å². The molecule has 1 aromatic heterocycles. The lowest BCUT2D eigenvalue weighted by atomic mass is 10.0. The summed E-state index contributed by atoms with van der Waals surface area (Å²) in [5.41, 5.74) is 4.17. The highest BCUT2D eigenvalue weighted by Gasteiger charge is 2.29. The normalized spacial score (nSPS) is 17.0. The first-order chi connectivity index (χ1) is 20.2. The van der Waals surface area contributed by atoms with Crippen molar-refractivity contribution in [1.82, 2.24) is 14.8 Å². The van der Waals surface area contributed by atoms with Crippen molar-refractivity contribution in [2.24, 2.45) is 0 Å². The Balaban J connectivity index is 1.51. The molecule has 0 unspecified atom stereocenters.